The van der Waals surface area contributed by atoms with Gasteiger partial charge in [0.05, 0.1) is 0 Å². The molecule has 2 rings (SSSR count). The lowest BCUT2D eigenvalue weighted by molar-refractivity contribution is -0.121. The van der Waals surface area contributed by atoms with Crippen molar-refractivity contribution in [1.29, 1.82) is 0 Å². The molecule has 3 heteroatoms. The average molecular weight is 283 g/mol. The predicted molar refractivity (Wildman–Crippen MR) is 84.3 cm³/mol. The summed E-state index contributed by atoms with van der Waals surface area (Å²) < 4.78 is 0. The molecule has 2 N–H and O–H groups in total. The molecule has 3 nitrogen and oxygen atoms in total. The molecule has 0 unspecified atom stereocenters. The summed E-state index contributed by atoms with van der Waals surface area (Å²) in [6.45, 7) is 2.69. The van der Waals surface area contributed by atoms with Gasteiger partial charge in [0.1, 0.15) is 5.75 Å². The lowest BCUT2D eigenvalue weighted by atomic mass is 10.0. The maximum absolute atomic E-state index is 11.8. The Balaban J connectivity index is 1.70. The van der Waals surface area contributed by atoms with Crippen LogP contribution in [0, 0.1) is 6.92 Å². The van der Waals surface area contributed by atoms with Gasteiger partial charge in [0.25, 0.3) is 0 Å². The third-order valence-corrected chi connectivity index (χ3v) is 3.55. The van der Waals surface area contributed by atoms with Gasteiger partial charge in [0.2, 0.25) is 5.91 Å². The van der Waals surface area contributed by atoms with Gasteiger partial charge in [-0.1, -0.05) is 36.4 Å². The van der Waals surface area contributed by atoms with E-state index in [1.165, 1.54) is 11.1 Å². The monoisotopic (exact) mass is 283 g/mol. The standard InChI is InChI=1S/C18H21NO2/c1-14-4-2-3-5-16(14)8-11-18(21)19-13-12-15-6-9-17(20)10-7-15/h2-7,9-10,20H,8,11-13H2,1H3,(H,19,21). The van der Waals surface area contributed by atoms with E-state index in [4.69, 9.17) is 0 Å². The molecular weight excluding hydrogens is 262 g/mol. The molecule has 0 fully saturated rings. The number of carbonyl (C=O) groups is 1. The highest BCUT2D eigenvalue weighted by Crippen LogP contribution is 2.10. The summed E-state index contributed by atoms with van der Waals surface area (Å²) >= 11 is 0. The zero-order chi connectivity index (χ0) is 15.1. The Morgan fingerprint density at radius 3 is 2.48 bits per heavy atom. The quantitative estimate of drug-likeness (QED) is 0.856. The maximum Gasteiger partial charge on any atom is 0.220 e. The zero-order valence-corrected chi connectivity index (χ0v) is 12.3. The number of aryl methyl sites for hydroxylation is 2. The summed E-state index contributed by atoms with van der Waals surface area (Å²) in [6.07, 6.45) is 2.06. The number of carbonyl (C=O) groups excluding carboxylic acids is 1. The molecule has 0 bridgehead atoms. The van der Waals surface area contributed by atoms with Crippen molar-refractivity contribution in [2.45, 2.75) is 26.2 Å². The summed E-state index contributed by atoms with van der Waals surface area (Å²) in [6, 6.07) is 15.2. The first-order valence-electron chi connectivity index (χ1n) is 7.24. The Kier molecular flexibility index (Phi) is 5.38. The Hall–Kier alpha value is -2.29. The molecule has 0 saturated carbocycles. The highest BCUT2D eigenvalue weighted by atomic mass is 16.3. The van der Waals surface area contributed by atoms with Crippen LogP contribution < -0.4 is 5.32 Å². The topological polar surface area (TPSA) is 49.3 Å². The van der Waals surface area contributed by atoms with Crippen LogP contribution in [0.1, 0.15) is 23.1 Å². The first-order valence-corrected chi connectivity index (χ1v) is 7.24. The highest BCUT2D eigenvalue weighted by Gasteiger charge is 2.03. The van der Waals surface area contributed by atoms with Crippen molar-refractivity contribution in [3.8, 4) is 5.75 Å². The smallest absolute Gasteiger partial charge is 0.220 e. The average Bonchev–Trinajstić information content (AvgIpc) is 2.48. The van der Waals surface area contributed by atoms with Crippen LogP contribution in [-0.4, -0.2) is 17.6 Å². The SMILES string of the molecule is Cc1ccccc1CCC(=O)NCCc1ccc(O)cc1. The first-order chi connectivity index (χ1) is 10.1. The van der Waals surface area contributed by atoms with Crippen LogP contribution in [0.4, 0.5) is 0 Å². The van der Waals surface area contributed by atoms with Gasteiger partial charge in [-0.05, 0) is 48.6 Å². The second-order valence-corrected chi connectivity index (χ2v) is 5.19. The summed E-state index contributed by atoms with van der Waals surface area (Å²) in [5, 5.41) is 12.1. The van der Waals surface area contributed by atoms with Crippen molar-refractivity contribution in [2.75, 3.05) is 6.54 Å². The number of phenolic OH excluding ortho intramolecular Hbond substituents is 1. The zero-order valence-electron chi connectivity index (χ0n) is 12.3. The van der Waals surface area contributed by atoms with Gasteiger partial charge in [-0.3, -0.25) is 4.79 Å². The number of rotatable bonds is 6. The molecule has 2 aromatic rings. The van der Waals surface area contributed by atoms with E-state index < -0.39 is 0 Å². The third-order valence-electron chi connectivity index (χ3n) is 3.55. The van der Waals surface area contributed by atoms with Crippen molar-refractivity contribution in [3.63, 3.8) is 0 Å². The third kappa shape index (κ3) is 4.95. The molecule has 0 aliphatic carbocycles. The molecule has 110 valence electrons. The number of hydrogen-bond donors (Lipinski definition) is 2. The molecule has 0 spiro atoms. The predicted octanol–water partition coefficient (Wildman–Crippen LogP) is 2.99. The van der Waals surface area contributed by atoms with E-state index in [0.29, 0.717) is 13.0 Å². The molecule has 1 amide bonds. The molecule has 0 heterocycles. The lowest BCUT2D eigenvalue weighted by Gasteiger charge is -2.07. The van der Waals surface area contributed by atoms with Gasteiger partial charge >= 0.3 is 0 Å². The normalized spacial score (nSPS) is 10.3. The summed E-state index contributed by atoms with van der Waals surface area (Å²) in [4.78, 5) is 11.8. The van der Waals surface area contributed by atoms with Crippen molar-refractivity contribution < 1.29 is 9.90 Å². The van der Waals surface area contributed by atoms with E-state index in [0.717, 1.165) is 18.4 Å². The summed E-state index contributed by atoms with van der Waals surface area (Å²) in [5.74, 6) is 0.345. The molecule has 21 heavy (non-hydrogen) atoms. The minimum absolute atomic E-state index is 0.0806. The van der Waals surface area contributed by atoms with Gasteiger partial charge in [0.15, 0.2) is 0 Å². The molecule has 0 saturated heterocycles. The van der Waals surface area contributed by atoms with E-state index in [2.05, 4.69) is 24.4 Å². The Morgan fingerprint density at radius 1 is 1.05 bits per heavy atom. The molecular formula is C18H21NO2. The largest absolute Gasteiger partial charge is 0.508 e. The van der Waals surface area contributed by atoms with Crippen LogP contribution in [-0.2, 0) is 17.6 Å². The van der Waals surface area contributed by atoms with Crippen LogP contribution in [0.15, 0.2) is 48.5 Å². The fourth-order valence-corrected chi connectivity index (χ4v) is 2.24. The minimum atomic E-state index is 0.0806. The summed E-state index contributed by atoms with van der Waals surface area (Å²) in [5.41, 5.74) is 3.56. The second kappa shape index (κ2) is 7.48. The van der Waals surface area contributed by atoms with Crippen molar-refractivity contribution in [3.05, 3.63) is 65.2 Å². The highest BCUT2D eigenvalue weighted by molar-refractivity contribution is 5.76. The van der Waals surface area contributed by atoms with Crippen LogP contribution in [0.5, 0.6) is 5.75 Å². The number of phenols is 1. The molecule has 0 aromatic heterocycles. The van der Waals surface area contributed by atoms with Gasteiger partial charge in [-0.15, -0.1) is 0 Å². The fourth-order valence-electron chi connectivity index (χ4n) is 2.24. The maximum atomic E-state index is 11.8. The summed E-state index contributed by atoms with van der Waals surface area (Å²) in [7, 11) is 0. The molecule has 0 atom stereocenters. The Bertz CT molecular complexity index is 590. The molecule has 0 aliphatic rings. The van der Waals surface area contributed by atoms with Crippen LogP contribution in [0.25, 0.3) is 0 Å². The van der Waals surface area contributed by atoms with Crippen LogP contribution in [0.3, 0.4) is 0 Å². The van der Waals surface area contributed by atoms with E-state index in [-0.39, 0.29) is 11.7 Å². The number of nitrogens with one attached hydrogen (secondary N) is 1. The number of aromatic hydroxyl groups is 1. The van der Waals surface area contributed by atoms with Gasteiger partial charge < -0.3 is 10.4 Å². The molecule has 0 radical (unpaired) electrons. The Labute approximate surface area is 125 Å². The van der Waals surface area contributed by atoms with E-state index in [1.54, 1.807) is 12.1 Å². The fraction of sp³-hybridized carbons (Fsp3) is 0.278. The number of hydrogen-bond acceptors (Lipinski definition) is 2. The second-order valence-electron chi connectivity index (χ2n) is 5.19. The Morgan fingerprint density at radius 2 is 1.76 bits per heavy atom. The first kappa shape index (κ1) is 15.1. The van der Waals surface area contributed by atoms with Crippen molar-refractivity contribution >= 4 is 5.91 Å². The van der Waals surface area contributed by atoms with Crippen LogP contribution >= 0.6 is 0 Å². The van der Waals surface area contributed by atoms with E-state index >= 15 is 0 Å². The molecule has 0 aliphatic heterocycles. The van der Waals surface area contributed by atoms with Crippen molar-refractivity contribution in [1.82, 2.24) is 5.32 Å². The van der Waals surface area contributed by atoms with Crippen LogP contribution in [0.2, 0.25) is 0 Å². The van der Waals surface area contributed by atoms with Gasteiger partial charge in [-0.2, -0.15) is 0 Å². The molecule has 2 aromatic carbocycles. The minimum Gasteiger partial charge on any atom is -0.508 e. The van der Waals surface area contributed by atoms with Gasteiger partial charge in [0, 0.05) is 13.0 Å². The van der Waals surface area contributed by atoms with Gasteiger partial charge in [-0.25, -0.2) is 0 Å². The van der Waals surface area contributed by atoms with Crippen molar-refractivity contribution in [2.24, 2.45) is 0 Å². The lowest BCUT2D eigenvalue weighted by Crippen LogP contribution is -2.25. The number of amides is 1. The number of benzene rings is 2. The van der Waals surface area contributed by atoms with E-state index in [9.17, 15) is 9.90 Å². The van der Waals surface area contributed by atoms with E-state index in [1.807, 2.05) is 24.3 Å².